The number of unbranched alkanes of at least 4 members (excludes halogenated alkanes) is 3. The average molecular weight is 333 g/mol. The molecule has 5 heteroatoms. The molecule has 2 atom stereocenters. The van der Waals surface area contributed by atoms with E-state index in [0.717, 1.165) is 37.7 Å². The Labute approximate surface area is 143 Å². The third kappa shape index (κ3) is 5.96. The van der Waals surface area contributed by atoms with Crippen molar-refractivity contribution in [3.63, 3.8) is 0 Å². The Hall–Kier alpha value is -1.88. The van der Waals surface area contributed by atoms with Crippen molar-refractivity contribution in [3.05, 3.63) is 35.9 Å². The largest absolute Gasteiger partial charge is 0.481 e. The van der Waals surface area contributed by atoms with Crippen molar-refractivity contribution in [1.29, 1.82) is 0 Å². The zero-order valence-electron chi connectivity index (χ0n) is 14.1. The van der Waals surface area contributed by atoms with Crippen molar-refractivity contribution in [2.75, 3.05) is 13.2 Å². The lowest BCUT2D eigenvalue weighted by Gasteiger charge is -2.31. The molecule has 1 aliphatic heterocycles. The SMILES string of the molecule is O=C(O)CCCCCCNC(=O)C1CCCOC1c1ccccc1. The Morgan fingerprint density at radius 2 is 1.88 bits per heavy atom. The fourth-order valence-corrected chi connectivity index (χ4v) is 3.12. The number of hydrogen-bond acceptors (Lipinski definition) is 3. The van der Waals surface area contributed by atoms with Gasteiger partial charge in [-0.1, -0.05) is 43.2 Å². The molecule has 1 aromatic carbocycles. The van der Waals surface area contributed by atoms with E-state index in [0.29, 0.717) is 19.6 Å². The monoisotopic (exact) mass is 333 g/mol. The van der Waals surface area contributed by atoms with Crippen LogP contribution in [0.3, 0.4) is 0 Å². The predicted molar refractivity (Wildman–Crippen MR) is 91.6 cm³/mol. The van der Waals surface area contributed by atoms with Crippen LogP contribution >= 0.6 is 0 Å². The van der Waals surface area contributed by atoms with Gasteiger partial charge in [0.2, 0.25) is 5.91 Å². The van der Waals surface area contributed by atoms with Gasteiger partial charge in [-0.25, -0.2) is 0 Å². The van der Waals surface area contributed by atoms with Crippen LogP contribution < -0.4 is 5.32 Å². The maximum atomic E-state index is 12.5. The van der Waals surface area contributed by atoms with E-state index in [4.69, 9.17) is 9.84 Å². The second kappa shape index (κ2) is 10.1. The van der Waals surface area contributed by atoms with Gasteiger partial charge in [0, 0.05) is 19.6 Å². The Morgan fingerprint density at radius 3 is 2.62 bits per heavy atom. The molecular weight excluding hydrogens is 306 g/mol. The van der Waals surface area contributed by atoms with Gasteiger partial charge >= 0.3 is 5.97 Å². The van der Waals surface area contributed by atoms with E-state index < -0.39 is 5.97 Å². The summed E-state index contributed by atoms with van der Waals surface area (Å²) in [6.45, 7) is 1.34. The molecule has 1 amide bonds. The number of carbonyl (C=O) groups is 2. The molecule has 0 radical (unpaired) electrons. The van der Waals surface area contributed by atoms with Crippen LogP contribution in [0.1, 0.15) is 56.6 Å². The highest BCUT2D eigenvalue weighted by Gasteiger charge is 2.32. The lowest BCUT2D eigenvalue weighted by atomic mass is 9.88. The van der Waals surface area contributed by atoms with Crippen molar-refractivity contribution in [3.8, 4) is 0 Å². The lowest BCUT2D eigenvalue weighted by molar-refractivity contribution is -0.137. The number of hydrogen-bond donors (Lipinski definition) is 2. The number of carboxylic acid groups (broad SMARTS) is 1. The summed E-state index contributed by atoms with van der Waals surface area (Å²) in [6, 6.07) is 9.93. The highest BCUT2D eigenvalue weighted by molar-refractivity contribution is 5.79. The fraction of sp³-hybridized carbons (Fsp3) is 0.579. The number of aliphatic carboxylic acids is 1. The normalized spacial score (nSPS) is 20.5. The molecule has 2 N–H and O–H groups in total. The zero-order chi connectivity index (χ0) is 17.2. The maximum Gasteiger partial charge on any atom is 0.303 e. The second-order valence-corrected chi connectivity index (χ2v) is 6.30. The molecule has 2 rings (SSSR count). The third-order valence-corrected chi connectivity index (χ3v) is 4.40. The van der Waals surface area contributed by atoms with Crippen LogP contribution in [0.5, 0.6) is 0 Å². The van der Waals surface area contributed by atoms with Gasteiger partial charge in [0.05, 0.1) is 12.0 Å². The number of benzene rings is 1. The predicted octanol–water partition coefficient (Wildman–Crippen LogP) is 3.31. The molecule has 0 aliphatic carbocycles. The maximum absolute atomic E-state index is 12.5. The number of amides is 1. The quantitative estimate of drug-likeness (QED) is 0.680. The minimum absolute atomic E-state index is 0.0640. The molecule has 0 bridgehead atoms. The summed E-state index contributed by atoms with van der Waals surface area (Å²) < 4.78 is 5.86. The van der Waals surface area contributed by atoms with Crippen molar-refractivity contribution >= 4 is 11.9 Å². The van der Waals surface area contributed by atoms with E-state index in [9.17, 15) is 9.59 Å². The Balaban J connectivity index is 1.73. The van der Waals surface area contributed by atoms with Crippen LogP contribution in [-0.2, 0) is 14.3 Å². The van der Waals surface area contributed by atoms with E-state index >= 15 is 0 Å². The summed E-state index contributed by atoms with van der Waals surface area (Å²) >= 11 is 0. The summed E-state index contributed by atoms with van der Waals surface area (Å²) in [7, 11) is 0. The Bertz CT molecular complexity index is 517. The molecule has 0 saturated carbocycles. The van der Waals surface area contributed by atoms with Crippen LogP contribution in [0.2, 0.25) is 0 Å². The smallest absolute Gasteiger partial charge is 0.303 e. The van der Waals surface area contributed by atoms with Crippen LogP contribution in [0, 0.1) is 5.92 Å². The Kier molecular flexibility index (Phi) is 7.75. The lowest BCUT2D eigenvalue weighted by Crippen LogP contribution is -2.38. The number of carbonyl (C=O) groups excluding carboxylic acids is 1. The van der Waals surface area contributed by atoms with Gasteiger partial charge in [0.25, 0.3) is 0 Å². The van der Waals surface area contributed by atoms with Crippen molar-refractivity contribution in [2.45, 2.75) is 51.0 Å². The zero-order valence-corrected chi connectivity index (χ0v) is 14.1. The van der Waals surface area contributed by atoms with E-state index in [2.05, 4.69) is 5.32 Å². The van der Waals surface area contributed by atoms with Gasteiger partial charge in [-0.15, -0.1) is 0 Å². The van der Waals surface area contributed by atoms with E-state index in [-0.39, 0.29) is 24.3 Å². The fourth-order valence-electron chi connectivity index (χ4n) is 3.12. The van der Waals surface area contributed by atoms with Crippen LogP contribution in [0.15, 0.2) is 30.3 Å². The molecule has 0 spiro atoms. The highest BCUT2D eigenvalue weighted by Crippen LogP contribution is 2.33. The molecule has 1 aliphatic rings. The minimum Gasteiger partial charge on any atom is -0.481 e. The number of carboxylic acids is 1. The first-order chi connectivity index (χ1) is 11.7. The number of ether oxygens (including phenoxy) is 1. The van der Waals surface area contributed by atoms with Crippen LogP contribution in [0.4, 0.5) is 0 Å². The molecule has 0 aromatic heterocycles. The first-order valence-electron chi connectivity index (χ1n) is 8.84. The van der Waals surface area contributed by atoms with E-state index in [1.165, 1.54) is 0 Å². The van der Waals surface area contributed by atoms with E-state index in [1.54, 1.807) is 0 Å². The molecule has 5 nitrogen and oxygen atoms in total. The van der Waals surface area contributed by atoms with Crippen LogP contribution in [-0.4, -0.2) is 30.1 Å². The molecule has 1 fully saturated rings. The van der Waals surface area contributed by atoms with Crippen molar-refractivity contribution < 1.29 is 19.4 Å². The summed E-state index contributed by atoms with van der Waals surface area (Å²) in [5.41, 5.74) is 1.06. The van der Waals surface area contributed by atoms with Gasteiger partial charge < -0.3 is 15.2 Å². The molecule has 1 aromatic rings. The summed E-state index contributed by atoms with van der Waals surface area (Å²) in [4.78, 5) is 22.9. The van der Waals surface area contributed by atoms with Gasteiger partial charge in [-0.3, -0.25) is 9.59 Å². The molecule has 1 heterocycles. The van der Waals surface area contributed by atoms with Gasteiger partial charge in [0.1, 0.15) is 0 Å². The molecule has 132 valence electrons. The first kappa shape index (κ1) is 18.5. The molecular formula is C19H27NO4. The third-order valence-electron chi connectivity index (χ3n) is 4.40. The van der Waals surface area contributed by atoms with Crippen LogP contribution in [0.25, 0.3) is 0 Å². The summed E-state index contributed by atoms with van der Waals surface area (Å²) in [6.07, 6.45) is 5.25. The molecule has 24 heavy (non-hydrogen) atoms. The molecule has 2 unspecified atom stereocenters. The topological polar surface area (TPSA) is 75.6 Å². The number of rotatable bonds is 9. The van der Waals surface area contributed by atoms with Gasteiger partial charge in [0.15, 0.2) is 0 Å². The Morgan fingerprint density at radius 1 is 1.12 bits per heavy atom. The highest BCUT2D eigenvalue weighted by atomic mass is 16.5. The first-order valence-corrected chi connectivity index (χ1v) is 8.84. The standard InChI is InChI=1S/C19H27NO4/c21-17(22)12-6-1-2-7-13-20-19(23)16-11-8-14-24-18(16)15-9-4-3-5-10-15/h3-5,9-10,16,18H,1-2,6-8,11-14H2,(H,20,23)(H,21,22). The minimum atomic E-state index is -0.743. The van der Waals surface area contributed by atoms with Crippen molar-refractivity contribution in [1.82, 2.24) is 5.32 Å². The van der Waals surface area contributed by atoms with E-state index in [1.807, 2.05) is 30.3 Å². The van der Waals surface area contributed by atoms with Crippen molar-refractivity contribution in [2.24, 2.45) is 5.92 Å². The second-order valence-electron chi connectivity index (χ2n) is 6.30. The van der Waals surface area contributed by atoms with Gasteiger partial charge in [-0.2, -0.15) is 0 Å². The average Bonchev–Trinajstić information content (AvgIpc) is 2.61. The number of nitrogens with one attached hydrogen (secondary N) is 1. The molecule has 1 saturated heterocycles. The van der Waals surface area contributed by atoms with Gasteiger partial charge in [-0.05, 0) is 31.2 Å². The summed E-state index contributed by atoms with van der Waals surface area (Å²) in [5, 5.41) is 11.6. The summed E-state index contributed by atoms with van der Waals surface area (Å²) in [5.74, 6) is -0.810.